The second-order valence-corrected chi connectivity index (χ2v) is 5.50. The molecule has 3 rings (SSSR count). The molecular formula is C18H16N2O3. The van der Waals surface area contributed by atoms with Crippen molar-refractivity contribution < 1.29 is 14.0 Å². The van der Waals surface area contributed by atoms with Gasteiger partial charge < -0.3 is 15.5 Å². The minimum absolute atomic E-state index is 0.0519. The fourth-order valence-corrected chi connectivity index (χ4v) is 2.63. The van der Waals surface area contributed by atoms with E-state index in [1.165, 1.54) is 0 Å². The van der Waals surface area contributed by atoms with Gasteiger partial charge in [0.05, 0.1) is 0 Å². The summed E-state index contributed by atoms with van der Waals surface area (Å²) in [7, 11) is 0. The van der Waals surface area contributed by atoms with E-state index in [4.69, 9.17) is 10.2 Å². The van der Waals surface area contributed by atoms with Crippen LogP contribution >= 0.6 is 0 Å². The summed E-state index contributed by atoms with van der Waals surface area (Å²) in [6.45, 7) is 3.84. The van der Waals surface area contributed by atoms with Crippen molar-refractivity contribution in [2.24, 2.45) is 5.73 Å². The molecule has 0 atom stereocenters. The van der Waals surface area contributed by atoms with Crippen LogP contribution in [0.15, 0.2) is 46.9 Å². The molecule has 5 nitrogen and oxygen atoms in total. The molecule has 2 aromatic carbocycles. The predicted octanol–water partition coefficient (Wildman–Crippen LogP) is 3.40. The Morgan fingerprint density at radius 1 is 1.04 bits per heavy atom. The minimum Gasteiger partial charge on any atom is -0.449 e. The van der Waals surface area contributed by atoms with Gasteiger partial charge in [-0.2, -0.15) is 0 Å². The molecular weight excluding hydrogens is 292 g/mol. The number of fused-ring (bicyclic) bond motifs is 1. The number of aryl methyl sites for hydroxylation is 2. The number of para-hydroxylation sites is 1. The van der Waals surface area contributed by atoms with Gasteiger partial charge in [0.25, 0.3) is 11.8 Å². The normalized spacial score (nSPS) is 10.7. The summed E-state index contributed by atoms with van der Waals surface area (Å²) in [6.07, 6.45) is 0. The summed E-state index contributed by atoms with van der Waals surface area (Å²) >= 11 is 0. The minimum atomic E-state index is -0.725. The van der Waals surface area contributed by atoms with Crippen LogP contribution in [-0.2, 0) is 0 Å². The van der Waals surface area contributed by atoms with Crippen molar-refractivity contribution in [1.82, 2.24) is 0 Å². The molecule has 116 valence electrons. The first-order valence-corrected chi connectivity index (χ1v) is 7.16. The molecule has 0 aliphatic carbocycles. The number of primary amides is 1. The molecule has 0 aliphatic rings. The van der Waals surface area contributed by atoms with Crippen LogP contribution in [0.4, 0.5) is 5.69 Å². The Morgan fingerprint density at radius 3 is 2.35 bits per heavy atom. The Bertz CT molecular complexity index is 905. The van der Waals surface area contributed by atoms with Gasteiger partial charge in [0.2, 0.25) is 5.76 Å². The Balaban J connectivity index is 2.05. The van der Waals surface area contributed by atoms with Gasteiger partial charge in [-0.1, -0.05) is 29.3 Å². The van der Waals surface area contributed by atoms with E-state index < -0.39 is 5.91 Å². The van der Waals surface area contributed by atoms with Gasteiger partial charge in [0.15, 0.2) is 0 Å². The first-order valence-electron chi connectivity index (χ1n) is 7.16. The highest BCUT2D eigenvalue weighted by molar-refractivity contribution is 6.14. The molecule has 0 aliphatic heterocycles. The van der Waals surface area contributed by atoms with Gasteiger partial charge in [-0.25, -0.2) is 0 Å². The lowest BCUT2D eigenvalue weighted by Crippen LogP contribution is -2.17. The van der Waals surface area contributed by atoms with Crippen molar-refractivity contribution in [2.45, 2.75) is 13.8 Å². The zero-order chi connectivity index (χ0) is 16.6. The lowest BCUT2D eigenvalue weighted by atomic mass is 10.1. The average Bonchev–Trinajstić information content (AvgIpc) is 2.85. The number of benzene rings is 2. The number of nitrogens with one attached hydrogen (secondary N) is 1. The Kier molecular flexibility index (Phi) is 3.62. The number of nitrogens with two attached hydrogens (primary N) is 1. The molecule has 0 bridgehead atoms. The molecule has 0 fully saturated rings. The van der Waals surface area contributed by atoms with Gasteiger partial charge in [-0.15, -0.1) is 0 Å². The standard InChI is InChI=1S/C18H16N2O3/c1-10-7-11(2)9-12(8-10)18(22)20-15-13-5-3-4-6-14(13)23-16(15)17(19)21/h3-9H,1-2H3,(H2,19,21)(H,20,22). The second kappa shape index (κ2) is 5.61. The molecule has 0 unspecified atom stereocenters. The topological polar surface area (TPSA) is 85.3 Å². The average molecular weight is 308 g/mol. The van der Waals surface area contributed by atoms with Crippen LogP contribution in [0.2, 0.25) is 0 Å². The number of hydrogen-bond donors (Lipinski definition) is 2. The summed E-state index contributed by atoms with van der Waals surface area (Å²) in [6, 6.07) is 12.6. The monoisotopic (exact) mass is 308 g/mol. The number of carbonyl (C=O) groups excluding carboxylic acids is 2. The van der Waals surface area contributed by atoms with Crippen LogP contribution < -0.4 is 11.1 Å². The van der Waals surface area contributed by atoms with E-state index in [1.54, 1.807) is 36.4 Å². The van der Waals surface area contributed by atoms with E-state index in [-0.39, 0.29) is 11.7 Å². The maximum atomic E-state index is 12.5. The summed E-state index contributed by atoms with van der Waals surface area (Å²) in [5.74, 6) is -1.09. The SMILES string of the molecule is Cc1cc(C)cc(C(=O)Nc2c(C(N)=O)oc3ccccc23)c1. The predicted molar refractivity (Wildman–Crippen MR) is 88.6 cm³/mol. The van der Waals surface area contributed by atoms with E-state index in [1.807, 2.05) is 19.9 Å². The van der Waals surface area contributed by atoms with Crippen molar-refractivity contribution in [1.29, 1.82) is 0 Å². The number of amides is 2. The van der Waals surface area contributed by atoms with E-state index in [2.05, 4.69) is 5.32 Å². The zero-order valence-corrected chi connectivity index (χ0v) is 12.8. The molecule has 5 heteroatoms. The number of carbonyl (C=O) groups is 2. The lowest BCUT2D eigenvalue weighted by Gasteiger charge is -2.07. The van der Waals surface area contributed by atoms with Crippen molar-refractivity contribution in [2.75, 3.05) is 5.32 Å². The van der Waals surface area contributed by atoms with Crippen molar-refractivity contribution in [3.8, 4) is 0 Å². The molecule has 3 N–H and O–H groups in total. The smallest absolute Gasteiger partial charge is 0.286 e. The molecule has 2 amide bonds. The van der Waals surface area contributed by atoms with Crippen LogP contribution in [0.5, 0.6) is 0 Å². The van der Waals surface area contributed by atoms with Crippen molar-refractivity contribution >= 4 is 28.5 Å². The summed E-state index contributed by atoms with van der Waals surface area (Å²) < 4.78 is 5.46. The Labute approximate surface area is 133 Å². The van der Waals surface area contributed by atoms with E-state index >= 15 is 0 Å². The van der Waals surface area contributed by atoms with E-state index in [0.717, 1.165) is 11.1 Å². The maximum Gasteiger partial charge on any atom is 0.286 e. The van der Waals surface area contributed by atoms with Gasteiger partial charge in [-0.3, -0.25) is 9.59 Å². The molecule has 1 aromatic heterocycles. The third kappa shape index (κ3) is 2.81. The van der Waals surface area contributed by atoms with Gasteiger partial charge in [0, 0.05) is 10.9 Å². The highest BCUT2D eigenvalue weighted by Gasteiger charge is 2.20. The first kappa shape index (κ1) is 14.8. The van der Waals surface area contributed by atoms with Crippen molar-refractivity contribution in [3.63, 3.8) is 0 Å². The van der Waals surface area contributed by atoms with E-state index in [9.17, 15) is 9.59 Å². The maximum absolute atomic E-state index is 12.5. The second-order valence-electron chi connectivity index (χ2n) is 5.50. The summed E-state index contributed by atoms with van der Waals surface area (Å²) in [5, 5.41) is 3.39. The third-order valence-corrected chi connectivity index (χ3v) is 3.54. The lowest BCUT2D eigenvalue weighted by molar-refractivity contribution is 0.0977. The Hall–Kier alpha value is -3.08. The molecule has 3 aromatic rings. The first-order chi connectivity index (χ1) is 11.0. The van der Waals surface area contributed by atoms with E-state index in [0.29, 0.717) is 22.2 Å². The molecule has 0 spiro atoms. The van der Waals surface area contributed by atoms with Crippen LogP contribution in [0.1, 0.15) is 32.0 Å². The van der Waals surface area contributed by atoms with Gasteiger partial charge >= 0.3 is 0 Å². The van der Waals surface area contributed by atoms with Gasteiger partial charge in [0.1, 0.15) is 11.3 Å². The number of rotatable bonds is 3. The zero-order valence-electron chi connectivity index (χ0n) is 12.8. The highest BCUT2D eigenvalue weighted by atomic mass is 16.3. The molecule has 0 saturated heterocycles. The number of hydrogen-bond acceptors (Lipinski definition) is 3. The van der Waals surface area contributed by atoms with Crippen LogP contribution in [0.3, 0.4) is 0 Å². The van der Waals surface area contributed by atoms with Crippen LogP contribution in [-0.4, -0.2) is 11.8 Å². The Morgan fingerprint density at radius 2 is 1.70 bits per heavy atom. The van der Waals surface area contributed by atoms with Crippen molar-refractivity contribution in [3.05, 3.63) is 64.9 Å². The molecule has 1 heterocycles. The third-order valence-electron chi connectivity index (χ3n) is 3.54. The molecule has 0 radical (unpaired) electrons. The fraction of sp³-hybridized carbons (Fsp3) is 0.111. The highest BCUT2D eigenvalue weighted by Crippen LogP contribution is 2.31. The number of anilines is 1. The van der Waals surface area contributed by atoms with Gasteiger partial charge in [-0.05, 0) is 38.1 Å². The molecule has 0 saturated carbocycles. The quantitative estimate of drug-likeness (QED) is 0.777. The van der Waals surface area contributed by atoms with Crippen LogP contribution in [0.25, 0.3) is 11.0 Å². The van der Waals surface area contributed by atoms with Crippen LogP contribution in [0, 0.1) is 13.8 Å². The molecule has 23 heavy (non-hydrogen) atoms. The fourth-order valence-electron chi connectivity index (χ4n) is 2.63. The largest absolute Gasteiger partial charge is 0.449 e. The summed E-state index contributed by atoms with van der Waals surface area (Å²) in [4.78, 5) is 24.1. The summed E-state index contributed by atoms with van der Waals surface area (Å²) in [5.41, 5.74) is 8.65. The number of furan rings is 1.